The van der Waals surface area contributed by atoms with Crippen LogP contribution in [0.5, 0.6) is 17.2 Å². The average molecular weight is 553 g/mol. The highest BCUT2D eigenvalue weighted by Crippen LogP contribution is 2.40. The Morgan fingerprint density at radius 2 is 1.63 bits per heavy atom. The van der Waals surface area contributed by atoms with Gasteiger partial charge in [0, 0.05) is 25.8 Å². The number of benzene rings is 3. The molecule has 1 saturated heterocycles. The summed E-state index contributed by atoms with van der Waals surface area (Å²) in [5.74, 6) is -0.0671. The van der Waals surface area contributed by atoms with E-state index in [0.717, 1.165) is 23.9 Å². The Bertz CT molecular complexity index is 1490. The molecule has 13 heteroatoms. The summed E-state index contributed by atoms with van der Waals surface area (Å²) in [4.78, 5) is 37.9. The third-order valence-corrected chi connectivity index (χ3v) is 6.78. The van der Waals surface area contributed by atoms with Crippen LogP contribution < -0.4 is 19.3 Å². The SMILES string of the molecule is COc1cc(/C=C2/SC(=S)N(c3ccc(N(C)C)cc3)C2=O)ccc1Oc1ccc([N+](=O)[O-])cc1[N+](=O)[O-]. The zero-order valence-electron chi connectivity index (χ0n) is 20.3. The van der Waals surface area contributed by atoms with Gasteiger partial charge in [0.1, 0.15) is 0 Å². The van der Waals surface area contributed by atoms with Crippen molar-refractivity contribution < 1.29 is 24.1 Å². The van der Waals surface area contributed by atoms with Gasteiger partial charge in [0.25, 0.3) is 11.6 Å². The van der Waals surface area contributed by atoms with Crippen LogP contribution in [0.4, 0.5) is 22.7 Å². The number of hydrogen-bond donors (Lipinski definition) is 0. The molecule has 0 atom stereocenters. The molecule has 11 nitrogen and oxygen atoms in total. The number of amides is 1. The van der Waals surface area contributed by atoms with Crippen molar-refractivity contribution in [1.82, 2.24) is 0 Å². The number of hydrogen-bond acceptors (Lipinski definition) is 10. The van der Waals surface area contributed by atoms with Crippen LogP contribution in [0.15, 0.2) is 65.6 Å². The fraction of sp³-hybridized carbons (Fsp3) is 0.120. The van der Waals surface area contributed by atoms with Crippen LogP contribution in [0.2, 0.25) is 0 Å². The third-order valence-electron chi connectivity index (χ3n) is 5.47. The van der Waals surface area contributed by atoms with E-state index < -0.39 is 21.2 Å². The van der Waals surface area contributed by atoms with E-state index >= 15 is 0 Å². The number of thioether (sulfide) groups is 1. The molecule has 0 spiro atoms. The van der Waals surface area contributed by atoms with E-state index in [1.54, 1.807) is 18.2 Å². The first-order valence-electron chi connectivity index (χ1n) is 10.9. The summed E-state index contributed by atoms with van der Waals surface area (Å²) in [7, 11) is 5.25. The number of methoxy groups -OCH3 is 1. The lowest BCUT2D eigenvalue weighted by molar-refractivity contribution is -0.394. The average Bonchev–Trinajstić information content (AvgIpc) is 3.16. The first-order valence-corrected chi connectivity index (χ1v) is 12.2. The van der Waals surface area contributed by atoms with Crippen LogP contribution in [0, 0.1) is 20.2 Å². The predicted octanol–water partition coefficient (Wildman–Crippen LogP) is 5.78. The number of nitro benzene ring substituents is 2. The normalized spacial score (nSPS) is 14.1. The minimum atomic E-state index is -0.765. The van der Waals surface area contributed by atoms with E-state index in [4.69, 9.17) is 21.7 Å². The number of ether oxygens (including phenoxy) is 2. The van der Waals surface area contributed by atoms with Crippen molar-refractivity contribution in [3.63, 3.8) is 0 Å². The molecule has 0 radical (unpaired) electrons. The molecule has 1 amide bonds. The quantitative estimate of drug-likeness (QED) is 0.147. The number of non-ortho nitro benzene ring substituents is 1. The van der Waals surface area contributed by atoms with Gasteiger partial charge >= 0.3 is 5.69 Å². The van der Waals surface area contributed by atoms with Gasteiger partial charge in [0.05, 0.1) is 33.6 Å². The molecular weight excluding hydrogens is 532 g/mol. The zero-order valence-corrected chi connectivity index (χ0v) is 21.9. The van der Waals surface area contributed by atoms with E-state index in [2.05, 4.69) is 0 Å². The molecule has 0 aliphatic carbocycles. The zero-order chi connectivity index (χ0) is 27.6. The minimum Gasteiger partial charge on any atom is -0.493 e. The summed E-state index contributed by atoms with van der Waals surface area (Å²) in [5.41, 5.74) is 1.26. The number of anilines is 2. The maximum absolute atomic E-state index is 13.2. The number of nitro groups is 2. The van der Waals surface area contributed by atoms with Crippen LogP contribution in [-0.4, -0.2) is 41.3 Å². The van der Waals surface area contributed by atoms with Crippen molar-refractivity contribution in [1.29, 1.82) is 0 Å². The van der Waals surface area contributed by atoms with E-state index in [-0.39, 0.29) is 23.2 Å². The number of carbonyl (C=O) groups is 1. The largest absolute Gasteiger partial charge is 0.493 e. The van der Waals surface area contributed by atoms with Crippen LogP contribution in [-0.2, 0) is 4.79 Å². The summed E-state index contributed by atoms with van der Waals surface area (Å²) < 4.78 is 11.5. The number of carbonyl (C=O) groups excluding carboxylic acids is 1. The fourth-order valence-corrected chi connectivity index (χ4v) is 4.87. The van der Waals surface area contributed by atoms with Gasteiger partial charge in [-0.05, 0) is 54.1 Å². The standard InChI is InChI=1S/C25H20N4O7S2/c1-26(2)16-5-7-17(8-6-16)27-24(30)23(38-25(27)37)13-15-4-10-21(22(12-15)35-3)36-20-11-9-18(28(31)32)14-19(20)29(33)34/h4-14H,1-3H3/b23-13+. The van der Waals surface area contributed by atoms with E-state index in [1.165, 1.54) is 29.8 Å². The molecular formula is C25H20N4O7S2. The van der Waals surface area contributed by atoms with Gasteiger partial charge in [0.2, 0.25) is 5.75 Å². The summed E-state index contributed by atoms with van der Waals surface area (Å²) in [6.45, 7) is 0. The molecule has 194 valence electrons. The number of nitrogens with zero attached hydrogens (tertiary/aromatic N) is 4. The molecule has 1 aliphatic heterocycles. The molecule has 1 fully saturated rings. The Balaban J connectivity index is 1.59. The van der Waals surface area contributed by atoms with Gasteiger partial charge in [-0.3, -0.25) is 29.9 Å². The fourth-order valence-electron chi connectivity index (χ4n) is 3.57. The van der Waals surface area contributed by atoms with Gasteiger partial charge in [-0.2, -0.15) is 0 Å². The topological polar surface area (TPSA) is 128 Å². The van der Waals surface area contributed by atoms with Crippen molar-refractivity contribution in [2.24, 2.45) is 0 Å². The maximum atomic E-state index is 13.2. The van der Waals surface area contributed by atoms with Crippen LogP contribution in [0.1, 0.15) is 5.56 Å². The summed E-state index contributed by atoms with van der Waals surface area (Å²) in [6.07, 6.45) is 1.66. The van der Waals surface area contributed by atoms with Crippen molar-refractivity contribution >= 4 is 63.0 Å². The Hall–Kier alpha value is -4.49. The van der Waals surface area contributed by atoms with E-state index in [0.29, 0.717) is 20.5 Å². The van der Waals surface area contributed by atoms with Crippen molar-refractivity contribution in [3.05, 3.63) is 91.4 Å². The number of thiocarbonyl (C=S) groups is 1. The lowest BCUT2D eigenvalue weighted by atomic mass is 10.1. The highest BCUT2D eigenvalue weighted by molar-refractivity contribution is 8.27. The Labute approximate surface area is 226 Å². The number of rotatable bonds is 8. The van der Waals surface area contributed by atoms with E-state index in [1.807, 2.05) is 43.3 Å². The predicted molar refractivity (Wildman–Crippen MR) is 149 cm³/mol. The van der Waals surface area contributed by atoms with Crippen LogP contribution in [0.3, 0.4) is 0 Å². The molecule has 1 heterocycles. The Morgan fingerprint density at radius 1 is 0.947 bits per heavy atom. The highest BCUT2D eigenvalue weighted by atomic mass is 32.2. The van der Waals surface area contributed by atoms with Gasteiger partial charge in [-0.25, -0.2) is 0 Å². The molecule has 38 heavy (non-hydrogen) atoms. The monoisotopic (exact) mass is 552 g/mol. The molecule has 3 aromatic rings. The molecule has 0 unspecified atom stereocenters. The van der Waals surface area contributed by atoms with Gasteiger partial charge in [-0.15, -0.1) is 0 Å². The van der Waals surface area contributed by atoms with E-state index in [9.17, 15) is 25.0 Å². The first-order chi connectivity index (χ1) is 18.1. The van der Waals surface area contributed by atoms with Gasteiger partial charge in [-0.1, -0.05) is 30.0 Å². The second-order valence-electron chi connectivity index (χ2n) is 8.11. The summed E-state index contributed by atoms with van der Waals surface area (Å²) in [5, 5.41) is 22.4. The molecule has 0 aromatic heterocycles. The smallest absolute Gasteiger partial charge is 0.318 e. The first kappa shape index (κ1) is 26.6. The molecule has 0 saturated carbocycles. The second-order valence-corrected chi connectivity index (χ2v) is 9.78. The van der Waals surface area contributed by atoms with Crippen molar-refractivity contribution in [2.75, 3.05) is 31.0 Å². The Morgan fingerprint density at radius 3 is 2.24 bits per heavy atom. The molecule has 1 aliphatic rings. The lowest BCUT2D eigenvalue weighted by Crippen LogP contribution is -2.27. The van der Waals surface area contributed by atoms with Crippen LogP contribution in [0.25, 0.3) is 6.08 Å². The van der Waals surface area contributed by atoms with Crippen LogP contribution >= 0.6 is 24.0 Å². The summed E-state index contributed by atoms with van der Waals surface area (Å²) in [6, 6.07) is 15.3. The second kappa shape index (κ2) is 10.9. The molecule has 4 rings (SSSR count). The van der Waals surface area contributed by atoms with Gasteiger partial charge in [0.15, 0.2) is 15.8 Å². The molecule has 0 N–H and O–H groups in total. The van der Waals surface area contributed by atoms with Crippen molar-refractivity contribution in [3.8, 4) is 17.2 Å². The maximum Gasteiger partial charge on any atom is 0.318 e. The molecule has 0 bridgehead atoms. The Kier molecular flexibility index (Phi) is 7.60. The minimum absolute atomic E-state index is 0.148. The summed E-state index contributed by atoms with van der Waals surface area (Å²) >= 11 is 6.62. The van der Waals surface area contributed by atoms with Gasteiger partial charge < -0.3 is 14.4 Å². The van der Waals surface area contributed by atoms with Crippen molar-refractivity contribution in [2.45, 2.75) is 0 Å². The third kappa shape index (κ3) is 5.43. The molecule has 3 aromatic carbocycles. The highest BCUT2D eigenvalue weighted by Gasteiger charge is 2.33. The lowest BCUT2D eigenvalue weighted by Gasteiger charge is -2.17.